The molecule has 0 bridgehead atoms. The van der Waals surface area contributed by atoms with E-state index in [1.54, 1.807) is 25.1 Å². The maximum Gasteiger partial charge on any atom is 0.218 e. The molecule has 118 valence electrons. The van der Waals surface area contributed by atoms with Gasteiger partial charge in [-0.05, 0) is 31.0 Å². The SMILES string of the molecule is CCOc1cc(NCc2ccc(S(C)(=O)=O)c(C)c2)ncn1. The van der Waals surface area contributed by atoms with Gasteiger partial charge in [-0.3, -0.25) is 0 Å². The molecule has 0 saturated heterocycles. The average molecular weight is 321 g/mol. The highest BCUT2D eigenvalue weighted by atomic mass is 32.2. The maximum absolute atomic E-state index is 11.6. The highest BCUT2D eigenvalue weighted by Crippen LogP contribution is 2.18. The first kappa shape index (κ1) is 16.2. The van der Waals surface area contributed by atoms with Crippen LogP contribution < -0.4 is 10.1 Å². The van der Waals surface area contributed by atoms with Gasteiger partial charge in [0.1, 0.15) is 12.1 Å². The summed E-state index contributed by atoms with van der Waals surface area (Å²) in [5, 5.41) is 3.16. The summed E-state index contributed by atoms with van der Waals surface area (Å²) in [4.78, 5) is 8.47. The van der Waals surface area contributed by atoms with E-state index >= 15 is 0 Å². The molecule has 2 rings (SSSR count). The molecule has 1 aromatic carbocycles. The number of rotatable bonds is 6. The van der Waals surface area contributed by atoms with Crippen LogP contribution in [0.2, 0.25) is 0 Å². The lowest BCUT2D eigenvalue weighted by Gasteiger charge is -2.09. The zero-order valence-electron chi connectivity index (χ0n) is 12.8. The first-order valence-corrected chi connectivity index (χ1v) is 8.77. The molecule has 22 heavy (non-hydrogen) atoms. The normalized spacial score (nSPS) is 11.2. The van der Waals surface area contributed by atoms with E-state index in [0.29, 0.717) is 29.7 Å². The molecule has 0 aliphatic carbocycles. The van der Waals surface area contributed by atoms with E-state index in [1.807, 2.05) is 13.0 Å². The van der Waals surface area contributed by atoms with Crippen molar-refractivity contribution < 1.29 is 13.2 Å². The fourth-order valence-electron chi connectivity index (χ4n) is 2.09. The summed E-state index contributed by atoms with van der Waals surface area (Å²) in [5.41, 5.74) is 1.71. The number of aromatic nitrogens is 2. The number of sulfone groups is 1. The van der Waals surface area contributed by atoms with Crippen LogP contribution in [0.4, 0.5) is 5.82 Å². The number of hydrogen-bond donors (Lipinski definition) is 1. The summed E-state index contributed by atoms with van der Waals surface area (Å²) in [6.45, 7) is 4.76. The number of anilines is 1. The molecule has 1 aromatic heterocycles. The van der Waals surface area contributed by atoms with Gasteiger partial charge in [-0.25, -0.2) is 18.4 Å². The third-order valence-electron chi connectivity index (χ3n) is 3.05. The van der Waals surface area contributed by atoms with Crippen LogP contribution in [-0.4, -0.2) is 31.2 Å². The molecule has 0 aliphatic heterocycles. The Labute approximate surface area is 130 Å². The van der Waals surface area contributed by atoms with E-state index in [0.717, 1.165) is 11.1 Å². The average Bonchev–Trinajstić information content (AvgIpc) is 2.44. The second kappa shape index (κ2) is 6.74. The quantitative estimate of drug-likeness (QED) is 0.878. The van der Waals surface area contributed by atoms with Gasteiger partial charge in [0, 0.05) is 18.9 Å². The number of nitrogens with zero attached hydrogens (tertiary/aromatic N) is 2. The molecular formula is C15H19N3O3S. The minimum absolute atomic E-state index is 0.358. The van der Waals surface area contributed by atoms with Crippen molar-refractivity contribution in [2.75, 3.05) is 18.2 Å². The molecule has 0 aliphatic rings. The monoisotopic (exact) mass is 321 g/mol. The third-order valence-corrected chi connectivity index (χ3v) is 4.30. The van der Waals surface area contributed by atoms with Gasteiger partial charge in [-0.1, -0.05) is 12.1 Å². The van der Waals surface area contributed by atoms with E-state index < -0.39 is 9.84 Å². The molecule has 1 N–H and O–H groups in total. The Hall–Kier alpha value is -2.15. The second-order valence-electron chi connectivity index (χ2n) is 4.90. The summed E-state index contributed by atoms with van der Waals surface area (Å²) in [5.74, 6) is 1.17. The summed E-state index contributed by atoms with van der Waals surface area (Å²) in [7, 11) is -3.19. The molecule has 0 saturated carbocycles. The van der Waals surface area contributed by atoms with Crippen LogP contribution in [0.25, 0.3) is 0 Å². The van der Waals surface area contributed by atoms with Crippen molar-refractivity contribution in [2.45, 2.75) is 25.3 Å². The van der Waals surface area contributed by atoms with Crippen molar-refractivity contribution in [1.29, 1.82) is 0 Å². The molecule has 7 heteroatoms. The van der Waals surface area contributed by atoms with E-state index in [4.69, 9.17) is 4.74 Å². The number of benzene rings is 1. The van der Waals surface area contributed by atoms with Crippen LogP contribution in [0.1, 0.15) is 18.1 Å². The zero-order valence-corrected chi connectivity index (χ0v) is 13.6. The van der Waals surface area contributed by atoms with Gasteiger partial charge in [-0.2, -0.15) is 0 Å². The molecule has 0 atom stereocenters. The van der Waals surface area contributed by atoms with Crippen LogP contribution in [0.3, 0.4) is 0 Å². The van der Waals surface area contributed by atoms with Gasteiger partial charge in [0.25, 0.3) is 0 Å². The predicted molar refractivity (Wildman–Crippen MR) is 84.8 cm³/mol. The second-order valence-corrected chi connectivity index (χ2v) is 6.88. The number of ether oxygens (including phenoxy) is 1. The van der Waals surface area contributed by atoms with Gasteiger partial charge in [0.2, 0.25) is 5.88 Å². The highest BCUT2D eigenvalue weighted by Gasteiger charge is 2.10. The Morgan fingerprint density at radius 3 is 2.64 bits per heavy atom. The number of aryl methyl sites for hydroxylation is 1. The van der Waals surface area contributed by atoms with Crippen molar-refractivity contribution in [3.8, 4) is 5.88 Å². The molecule has 2 aromatic rings. The predicted octanol–water partition coefficient (Wildman–Crippen LogP) is 2.20. The van der Waals surface area contributed by atoms with Crippen molar-refractivity contribution in [3.05, 3.63) is 41.7 Å². The fourth-order valence-corrected chi connectivity index (χ4v) is 3.05. The van der Waals surface area contributed by atoms with Gasteiger partial charge in [0.05, 0.1) is 11.5 Å². The highest BCUT2D eigenvalue weighted by molar-refractivity contribution is 7.90. The van der Waals surface area contributed by atoms with E-state index in [9.17, 15) is 8.42 Å². The third kappa shape index (κ3) is 4.17. The van der Waals surface area contributed by atoms with Gasteiger partial charge in [0.15, 0.2) is 9.84 Å². The Kier molecular flexibility index (Phi) is 4.97. The Morgan fingerprint density at radius 2 is 2.00 bits per heavy atom. The van der Waals surface area contributed by atoms with Crippen LogP contribution >= 0.6 is 0 Å². The lowest BCUT2D eigenvalue weighted by molar-refractivity contribution is 0.326. The summed E-state index contributed by atoms with van der Waals surface area (Å²) in [6, 6.07) is 7.00. The molecule has 0 fully saturated rings. The summed E-state index contributed by atoms with van der Waals surface area (Å²) >= 11 is 0. The standard InChI is InChI=1S/C15H19N3O3S/c1-4-21-15-8-14(17-10-18-15)16-9-12-5-6-13(11(2)7-12)22(3,19)20/h5-8,10H,4,9H2,1-3H3,(H,16,17,18). The van der Waals surface area contributed by atoms with E-state index in [-0.39, 0.29) is 0 Å². The van der Waals surface area contributed by atoms with Crippen molar-refractivity contribution in [1.82, 2.24) is 9.97 Å². The van der Waals surface area contributed by atoms with Crippen LogP contribution in [0.15, 0.2) is 35.5 Å². The van der Waals surface area contributed by atoms with Gasteiger partial charge in [-0.15, -0.1) is 0 Å². The van der Waals surface area contributed by atoms with E-state index in [1.165, 1.54) is 12.6 Å². The lowest BCUT2D eigenvalue weighted by atomic mass is 10.1. The number of nitrogens with one attached hydrogen (secondary N) is 1. The molecule has 0 amide bonds. The maximum atomic E-state index is 11.6. The fraction of sp³-hybridized carbons (Fsp3) is 0.333. The van der Waals surface area contributed by atoms with Crippen molar-refractivity contribution in [3.63, 3.8) is 0 Å². The molecule has 0 unspecified atom stereocenters. The summed E-state index contributed by atoms with van der Waals surface area (Å²) < 4.78 is 28.5. The van der Waals surface area contributed by atoms with Gasteiger partial charge < -0.3 is 10.1 Å². The first-order chi connectivity index (χ1) is 10.4. The molecule has 1 heterocycles. The molecule has 0 radical (unpaired) electrons. The Balaban J connectivity index is 2.09. The Bertz CT molecular complexity index is 760. The van der Waals surface area contributed by atoms with Crippen molar-refractivity contribution in [2.24, 2.45) is 0 Å². The van der Waals surface area contributed by atoms with E-state index in [2.05, 4.69) is 15.3 Å². The molecular weight excluding hydrogens is 302 g/mol. The van der Waals surface area contributed by atoms with Crippen LogP contribution in [0, 0.1) is 6.92 Å². The first-order valence-electron chi connectivity index (χ1n) is 6.88. The Morgan fingerprint density at radius 1 is 1.23 bits per heavy atom. The van der Waals surface area contributed by atoms with Crippen molar-refractivity contribution >= 4 is 15.7 Å². The minimum atomic E-state index is -3.19. The van der Waals surface area contributed by atoms with Crippen LogP contribution in [0.5, 0.6) is 5.88 Å². The smallest absolute Gasteiger partial charge is 0.218 e. The topological polar surface area (TPSA) is 81.2 Å². The summed E-state index contributed by atoms with van der Waals surface area (Å²) in [6.07, 6.45) is 2.65. The van der Waals surface area contributed by atoms with Gasteiger partial charge >= 0.3 is 0 Å². The number of hydrogen-bond acceptors (Lipinski definition) is 6. The zero-order chi connectivity index (χ0) is 16.2. The lowest BCUT2D eigenvalue weighted by Crippen LogP contribution is -2.05. The van der Waals surface area contributed by atoms with Crippen LogP contribution in [-0.2, 0) is 16.4 Å². The molecule has 0 spiro atoms. The minimum Gasteiger partial charge on any atom is -0.478 e. The largest absolute Gasteiger partial charge is 0.478 e. The molecule has 6 nitrogen and oxygen atoms in total.